The minimum Gasteiger partial charge on any atom is -0.497 e. The predicted molar refractivity (Wildman–Crippen MR) is 91.7 cm³/mol. The summed E-state index contributed by atoms with van der Waals surface area (Å²) >= 11 is 0. The van der Waals surface area contributed by atoms with Gasteiger partial charge in [-0.05, 0) is 43.4 Å². The first-order chi connectivity index (χ1) is 11.2. The van der Waals surface area contributed by atoms with Gasteiger partial charge in [-0.1, -0.05) is 25.0 Å². The molecule has 1 aromatic rings. The Morgan fingerprint density at radius 3 is 2.65 bits per heavy atom. The highest BCUT2D eigenvalue weighted by Gasteiger charge is 2.27. The first kappa shape index (κ1) is 16.3. The van der Waals surface area contributed by atoms with Gasteiger partial charge in [0.25, 0.3) is 0 Å². The Balaban J connectivity index is 1.43. The van der Waals surface area contributed by atoms with Crippen LogP contribution in [-0.4, -0.2) is 43.1 Å². The molecule has 1 aromatic carbocycles. The van der Waals surface area contributed by atoms with Crippen LogP contribution in [0.3, 0.4) is 0 Å². The first-order valence-electron chi connectivity index (χ1n) is 8.91. The van der Waals surface area contributed by atoms with E-state index in [2.05, 4.69) is 10.2 Å². The quantitative estimate of drug-likeness (QED) is 0.908. The Hall–Kier alpha value is -1.55. The maximum atomic E-state index is 12.3. The highest BCUT2D eigenvalue weighted by atomic mass is 16.5. The van der Waals surface area contributed by atoms with E-state index in [0.717, 1.165) is 43.3 Å². The second-order valence-corrected chi connectivity index (χ2v) is 6.84. The maximum absolute atomic E-state index is 12.3. The lowest BCUT2D eigenvalue weighted by atomic mass is 10.0. The number of likely N-dealkylation sites (tertiary alicyclic amines) is 1. The average Bonchev–Trinajstić information content (AvgIpc) is 3.10. The second-order valence-electron chi connectivity index (χ2n) is 6.84. The number of hydrogen-bond donors (Lipinski definition) is 1. The molecule has 4 nitrogen and oxygen atoms in total. The van der Waals surface area contributed by atoms with Crippen LogP contribution in [0.4, 0.5) is 0 Å². The third kappa shape index (κ3) is 4.47. The van der Waals surface area contributed by atoms with Crippen molar-refractivity contribution in [3.05, 3.63) is 29.8 Å². The van der Waals surface area contributed by atoms with Crippen LogP contribution in [0, 0.1) is 0 Å². The first-order valence-corrected chi connectivity index (χ1v) is 8.91. The van der Waals surface area contributed by atoms with E-state index in [0.29, 0.717) is 12.5 Å². The number of piperidine rings is 1. The molecule has 1 saturated carbocycles. The Morgan fingerprint density at radius 1 is 1.22 bits per heavy atom. The van der Waals surface area contributed by atoms with Crippen molar-refractivity contribution in [1.29, 1.82) is 0 Å². The van der Waals surface area contributed by atoms with Gasteiger partial charge in [0, 0.05) is 25.2 Å². The molecule has 126 valence electrons. The molecule has 1 aliphatic carbocycles. The van der Waals surface area contributed by atoms with Crippen molar-refractivity contribution in [3.63, 3.8) is 0 Å². The molecule has 0 spiro atoms. The van der Waals surface area contributed by atoms with Gasteiger partial charge < -0.3 is 15.0 Å². The molecule has 4 heteroatoms. The van der Waals surface area contributed by atoms with Gasteiger partial charge in [0.15, 0.2) is 0 Å². The third-order valence-electron chi connectivity index (χ3n) is 5.23. The fraction of sp³-hybridized carbons (Fsp3) is 0.632. The van der Waals surface area contributed by atoms with Crippen LogP contribution >= 0.6 is 0 Å². The summed E-state index contributed by atoms with van der Waals surface area (Å²) < 4.78 is 5.21. The molecule has 2 fully saturated rings. The van der Waals surface area contributed by atoms with E-state index in [1.54, 1.807) is 7.11 Å². The minimum absolute atomic E-state index is 0.123. The molecule has 0 atom stereocenters. The summed E-state index contributed by atoms with van der Waals surface area (Å²) in [5, 5.41) is 3.21. The molecule has 1 saturated heterocycles. The number of amides is 1. The van der Waals surface area contributed by atoms with Crippen molar-refractivity contribution >= 4 is 5.91 Å². The smallest absolute Gasteiger partial charge is 0.224 e. The van der Waals surface area contributed by atoms with E-state index < -0.39 is 0 Å². The van der Waals surface area contributed by atoms with Gasteiger partial charge in [-0.2, -0.15) is 0 Å². The zero-order chi connectivity index (χ0) is 16.1. The molecule has 1 aliphatic heterocycles. The molecule has 1 amide bonds. The monoisotopic (exact) mass is 316 g/mol. The molecular formula is C19H28N2O2. The van der Waals surface area contributed by atoms with E-state index in [-0.39, 0.29) is 5.91 Å². The van der Waals surface area contributed by atoms with Gasteiger partial charge in [-0.25, -0.2) is 0 Å². The van der Waals surface area contributed by atoms with E-state index >= 15 is 0 Å². The fourth-order valence-electron chi connectivity index (χ4n) is 3.92. The highest BCUT2D eigenvalue weighted by Crippen LogP contribution is 2.26. The Morgan fingerprint density at radius 2 is 1.96 bits per heavy atom. The van der Waals surface area contributed by atoms with E-state index in [4.69, 9.17) is 4.74 Å². The molecule has 0 unspecified atom stereocenters. The van der Waals surface area contributed by atoms with Gasteiger partial charge in [-0.15, -0.1) is 0 Å². The highest BCUT2D eigenvalue weighted by molar-refractivity contribution is 5.79. The van der Waals surface area contributed by atoms with Crippen LogP contribution in [0.1, 0.15) is 44.1 Å². The summed E-state index contributed by atoms with van der Waals surface area (Å²) in [6.45, 7) is 2.27. The number of methoxy groups -OCH3 is 1. The van der Waals surface area contributed by atoms with Crippen molar-refractivity contribution in [2.24, 2.45) is 0 Å². The Bertz CT molecular complexity index is 518. The number of carbonyl (C=O) groups is 1. The van der Waals surface area contributed by atoms with E-state index in [9.17, 15) is 4.79 Å². The lowest BCUT2D eigenvalue weighted by Gasteiger charge is -2.36. The van der Waals surface area contributed by atoms with Crippen LogP contribution in [-0.2, 0) is 11.2 Å². The summed E-state index contributed by atoms with van der Waals surface area (Å²) in [7, 11) is 1.65. The molecule has 1 N–H and O–H groups in total. The van der Waals surface area contributed by atoms with Crippen LogP contribution in [0.5, 0.6) is 5.75 Å². The number of carbonyl (C=O) groups excluding carboxylic acids is 1. The van der Waals surface area contributed by atoms with Gasteiger partial charge in [0.2, 0.25) is 5.91 Å². The zero-order valence-electron chi connectivity index (χ0n) is 14.1. The van der Waals surface area contributed by atoms with Crippen molar-refractivity contribution in [2.45, 2.75) is 57.0 Å². The number of rotatable bonds is 5. The average molecular weight is 316 g/mol. The predicted octanol–water partition coefficient (Wildman–Crippen LogP) is 2.76. The molecule has 3 rings (SSSR count). The molecule has 0 radical (unpaired) electrons. The van der Waals surface area contributed by atoms with E-state index in [1.165, 1.54) is 25.7 Å². The summed E-state index contributed by atoms with van der Waals surface area (Å²) in [5.74, 6) is 0.928. The Kier molecular flexibility index (Phi) is 5.55. The number of hydrogen-bond acceptors (Lipinski definition) is 3. The fourth-order valence-corrected chi connectivity index (χ4v) is 3.92. The van der Waals surface area contributed by atoms with Gasteiger partial charge in [0.1, 0.15) is 5.75 Å². The zero-order valence-corrected chi connectivity index (χ0v) is 14.1. The normalized spacial score (nSPS) is 20.6. The molecular weight excluding hydrogens is 288 g/mol. The number of nitrogens with one attached hydrogen (secondary N) is 1. The van der Waals surface area contributed by atoms with Crippen LogP contribution in [0.15, 0.2) is 24.3 Å². The summed E-state index contributed by atoms with van der Waals surface area (Å²) in [5.41, 5.74) is 1.00. The van der Waals surface area contributed by atoms with Crippen LogP contribution < -0.4 is 10.1 Å². The number of ether oxygens (including phenoxy) is 1. The lowest BCUT2D eigenvalue weighted by molar-refractivity contribution is -0.121. The molecule has 2 aliphatic rings. The largest absolute Gasteiger partial charge is 0.497 e. The van der Waals surface area contributed by atoms with Crippen molar-refractivity contribution in [2.75, 3.05) is 20.2 Å². The van der Waals surface area contributed by atoms with Crippen LogP contribution in [0.25, 0.3) is 0 Å². The van der Waals surface area contributed by atoms with Crippen molar-refractivity contribution in [3.8, 4) is 5.75 Å². The van der Waals surface area contributed by atoms with Gasteiger partial charge in [-0.3, -0.25) is 4.79 Å². The van der Waals surface area contributed by atoms with Crippen molar-refractivity contribution < 1.29 is 9.53 Å². The number of benzene rings is 1. The van der Waals surface area contributed by atoms with Gasteiger partial charge >= 0.3 is 0 Å². The van der Waals surface area contributed by atoms with Crippen LogP contribution in [0.2, 0.25) is 0 Å². The van der Waals surface area contributed by atoms with E-state index in [1.807, 2.05) is 24.3 Å². The summed E-state index contributed by atoms with van der Waals surface area (Å²) in [6.07, 6.45) is 8.12. The molecule has 23 heavy (non-hydrogen) atoms. The second kappa shape index (κ2) is 7.82. The summed E-state index contributed by atoms with van der Waals surface area (Å²) in [4.78, 5) is 14.9. The minimum atomic E-state index is 0.123. The lowest BCUT2D eigenvalue weighted by Crippen LogP contribution is -2.47. The number of nitrogens with zero attached hydrogens (tertiary/aromatic N) is 1. The molecule has 0 bridgehead atoms. The third-order valence-corrected chi connectivity index (χ3v) is 5.23. The molecule has 1 heterocycles. The van der Waals surface area contributed by atoms with Gasteiger partial charge in [0.05, 0.1) is 13.5 Å². The molecule has 0 aromatic heterocycles. The Labute approximate surface area is 139 Å². The SMILES string of the molecule is COc1cccc(CC(=O)NC2CCN(C3CCCC3)CC2)c1. The summed E-state index contributed by atoms with van der Waals surface area (Å²) in [6, 6.07) is 8.89. The van der Waals surface area contributed by atoms with Crippen molar-refractivity contribution in [1.82, 2.24) is 10.2 Å². The topological polar surface area (TPSA) is 41.6 Å². The standard InChI is InChI=1S/C19H28N2O2/c1-23-18-8-4-5-15(13-18)14-19(22)20-16-9-11-21(12-10-16)17-6-2-3-7-17/h4-5,8,13,16-17H,2-3,6-7,9-12,14H2,1H3,(H,20,22). The maximum Gasteiger partial charge on any atom is 0.224 e.